The van der Waals surface area contributed by atoms with E-state index in [1.165, 1.54) is 0 Å². The Balaban J connectivity index is 0.000000982. The average Bonchev–Trinajstić information content (AvgIpc) is 2.37. The Kier molecular flexibility index (Phi) is 8.27. The number of aliphatic carboxylic acids is 1. The van der Waals surface area contributed by atoms with Crippen molar-refractivity contribution in [3.63, 3.8) is 0 Å². The first-order valence-corrected chi connectivity index (χ1v) is 5.23. The van der Waals surface area contributed by atoms with Crippen molar-refractivity contribution in [3.05, 3.63) is 35.9 Å². The molecule has 0 aliphatic rings. The van der Waals surface area contributed by atoms with Crippen molar-refractivity contribution in [1.29, 1.82) is 5.41 Å². The SMILES string of the molecule is N=C=O.N[C@H](CC(=O)O)C(=O)OCc1ccccc1. The van der Waals surface area contributed by atoms with Gasteiger partial charge >= 0.3 is 11.9 Å². The Morgan fingerprint density at radius 1 is 1.37 bits per heavy atom. The average molecular weight is 266 g/mol. The third-order valence-corrected chi connectivity index (χ3v) is 1.92. The lowest BCUT2D eigenvalue weighted by molar-refractivity contribution is -0.150. The molecule has 0 fully saturated rings. The Labute approximate surface area is 109 Å². The lowest BCUT2D eigenvalue weighted by atomic mass is 10.2. The highest BCUT2D eigenvalue weighted by molar-refractivity contribution is 5.81. The number of carboxylic acids is 1. The molecule has 0 saturated carbocycles. The molecule has 19 heavy (non-hydrogen) atoms. The number of rotatable bonds is 5. The van der Waals surface area contributed by atoms with E-state index >= 15 is 0 Å². The van der Waals surface area contributed by atoms with E-state index in [0.717, 1.165) is 11.6 Å². The number of carbonyl (C=O) groups excluding carboxylic acids is 2. The number of carboxylic acid groups (broad SMARTS) is 1. The first-order valence-electron chi connectivity index (χ1n) is 5.23. The lowest BCUT2D eigenvalue weighted by Crippen LogP contribution is -2.34. The molecule has 0 bridgehead atoms. The molecule has 1 rings (SSSR count). The van der Waals surface area contributed by atoms with Gasteiger partial charge in [0.1, 0.15) is 12.6 Å². The highest BCUT2D eigenvalue weighted by Gasteiger charge is 2.18. The van der Waals surface area contributed by atoms with E-state index in [1.54, 1.807) is 12.1 Å². The number of hydrogen-bond acceptors (Lipinski definition) is 6. The molecule has 0 spiro atoms. The fourth-order valence-corrected chi connectivity index (χ4v) is 1.11. The van der Waals surface area contributed by atoms with Crippen molar-refractivity contribution < 1.29 is 24.2 Å². The fraction of sp³-hybridized carbons (Fsp3) is 0.250. The zero-order valence-electron chi connectivity index (χ0n) is 10.0. The smallest absolute Gasteiger partial charge is 0.323 e. The molecule has 7 nitrogen and oxygen atoms in total. The van der Waals surface area contributed by atoms with E-state index in [-0.39, 0.29) is 6.61 Å². The van der Waals surface area contributed by atoms with Crippen molar-refractivity contribution in [2.45, 2.75) is 19.1 Å². The van der Waals surface area contributed by atoms with Crippen LogP contribution in [0.4, 0.5) is 0 Å². The minimum absolute atomic E-state index is 0.104. The molecule has 0 heterocycles. The number of isocyanates is 1. The van der Waals surface area contributed by atoms with Crippen LogP contribution in [0.2, 0.25) is 0 Å². The monoisotopic (exact) mass is 266 g/mol. The van der Waals surface area contributed by atoms with Crippen LogP contribution in [0.1, 0.15) is 12.0 Å². The molecular weight excluding hydrogens is 252 g/mol. The third kappa shape index (κ3) is 8.25. The summed E-state index contributed by atoms with van der Waals surface area (Å²) in [6.07, 6.45) is 0.327. The molecule has 0 aliphatic carbocycles. The van der Waals surface area contributed by atoms with Crippen molar-refractivity contribution in [2.24, 2.45) is 5.73 Å². The van der Waals surface area contributed by atoms with E-state index < -0.39 is 24.4 Å². The number of ether oxygens (including phenoxy) is 1. The predicted octanol–water partition coefficient (Wildman–Crippen LogP) is 0.433. The quantitative estimate of drug-likeness (QED) is 0.402. The topological polar surface area (TPSA) is 131 Å². The maximum Gasteiger partial charge on any atom is 0.323 e. The van der Waals surface area contributed by atoms with Crippen LogP contribution in [-0.2, 0) is 25.7 Å². The van der Waals surface area contributed by atoms with Crippen LogP contribution < -0.4 is 5.73 Å². The number of carbonyl (C=O) groups is 2. The summed E-state index contributed by atoms with van der Waals surface area (Å²) in [7, 11) is 0. The van der Waals surface area contributed by atoms with Crippen LogP contribution in [0.5, 0.6) is 0 Å². The van der Waals surface area contributed by atoms with Gasteiger partial charge < -0.3 is 15.6 Å². The molecule has 0 aliphatic heterocycles. The van der Waals surface area contributed by atoms with E-state index in [2.05, 4.69) is 0 Å². The molecule has 102 valence electrons. The highest BCUT2D eigenvalue weighted by atomic mass is 16.5. The largest absolute Gasteiger partial charge is 0.481 e. The molecule has 1 aromatic rings. The molecule has 0 saturated heterocycles. The standard InChI is InChI=1S/C11H13NO4.CHNO/c12-9(6-10(13)14)11(15)16-7-8-4-2-1-3-5-8;2-1-3/h1-5,9H,6-7,12H2,(H,13,14);2H/t9-;/m1./s1. The summed E-state index contributed by atoms with van der Waals surface area (Å²) >= 11 is 0. The predicted molar refractivity (Wildman–Crippen MR) is 64.9 cm³/mol. The molecule has 0 unspecified atom stereocenters. The van der Waals surface area contributed by atoms with Crippen LogP contribution in [0, 0.1) is 5.41 Å². The van der Waals surface area contributed by atoms with Gasteiger partial charge in [-0.3, -0.25) is 9.59 Å². The number of nitrogens with one attached hydrogen (secondary N) is 1. The Bertz CT molecular complexity index is 441. The maximum absolute atomic E-state index is 11.2. The van der Waals surface area contributed by atoms with Gasteiger partial charge in [0.15, 0.2) is 0 Å². The lowest BCUT2D eigenvalue weighted by Gasteiger charge is -2.09. The molecule has 1 aromatic carbocycles. The summed E-state index contributed by atoms with van der Waals surface area (Å²) in [5.74, 6) is -1.82. The second kappa shape index (κ2) is 9.52. The van der Waals surface area contributed by atoms with Crippen LogP contribution in [0.15, 0.2) is 30.3 Å². The molecule has 7 heteroatoms. The van der Waals surface area contributed by atoms with Crippen molar-refractivity contribution in [1.82, 2.24) is 0 Å². The molecule has 0 amide bonds. The Morgan fingerprint density at radius 3 is 2.37 bits per heavy atom. The van der Waals surface area contributed by atoms with Gasteiger partial charge in [0.2, 0.25) is 6.08 Å². The number of benzene rings is 1. The first-order chi connectivity index (χ1) is 9.01. The molecule has 0 radical (unpaired) electrons. The number of hydrogen-bond donors (Lipinski definition) is 3. The molecule has 0 aromatic heterocycles. The zero-order valence-corrected chi connectivity index (χ0v) is 10.0. The van der Waals surface area contributed by atoms with Crippen LogP contribution in [0.3, 0.4) is 0 Å². The highest BCUT2D eigenvalue weighted by Crippen LogP contribution is 2.02. The van der Waals surface area contributed by atoms with Crippen molar-refractivity contribution in [3.8, 4) is 0 Å². The minimum Gasteiger partial charge on any atom is -0.481 e. The van der Waals surface area contributed by atoms with Gasteiger partial charge in [-0.05, 0) is 5.56 Å². The second-order valence-electron chi connectivity index (χ2n) is 3.40. The van der Waals surface area contributed by atoms with Gasteiger partial charge in [-0.1, -0.05) is 30.3 Å². The summed E-state index contributed by atoms with van der Waals surface area (Å²) in [5, 5.41) is 13.8. The van der Waals surface area contributed by atoms with E-state index in [1.807, 2.05) is 18.2 Å². The van der Waals surface area contributed by atoms with Crippen LogP contribution >= 0.6 is 0 Å². The minimum atomic E-state index is -1.12. The van der Waals surface area contributed by atoms with Gasteiger partial charge in [-0.2, -0.15) is 0 Å². The summed E-state index contributed by atoms with van der Waals surface area (Å²) in [6, 6.07) is 7.98. The molecular formula is C12H14N2O5. The first kappa shape index (κ1) is 16.5. The van der Waals surface area contributed by atoms with Gasteiger partial charge in [0.25, 0.3) is 0 Å². The molecule has 4 N–H and O–H groups in total. The number of esters is 1. The van der Waals surface area contributed by atoms with Gasteiger partial charge in [-0.15, -0.1) is 0 Å². The van der Waals surface area contributed by atoms with Crippen LogP contribution in [0.25, 0.3) is 0 Å². The maximum atomic E-state index is 11.2. The normalized spacial score (nSPS) is 10.4. The summed E-state index contributed by atoms with van der Waals surface area (Å²) < 4.78 is 4.86. The Hall–Kier alpha value is -2.50. The zero-order chi connectivity index (χ0) is 14.7. The number of nitrogens with two attached hydrogens (primary N) is 1. The van der Waals surface area contributed by atoms with E-state index in [0.29, 0.717) is 0 Å². The van der Waals surface area contributed by atoms with Gasteiger partial charge in [0, 0.05) is 0 Å². The van der Waals surface area contributed by atoms with Gasteiger partial charge in [-0.25, -0.2) is 10.2 Å². The van der Waals surface area contributed by atoms with E-state index in [4.69, 9.17) is 25.8 Å². The fourth-order valence-electron chi connectivity index (χ4n) is 1.11. The van der Waals surface area contributed by atoms with Crippen molar-refractivity contribution >= 4 is 18.0 Å². The van der Waals surface area contributed by atoms with Crippen LogP contribution in [-0.4, -0.2) is 29.2 Å². The van der Waals surface area contributed by atoms with E-state index in [9.17, 15) is 9.59 Å². The third-order valence-electron chi connectivity index (χ3n) is 1.92. The van der Waals surface area contributed by atoms with Crippen molar-refractivity contribution in [2.75, 3.05) is 0 Å². The van der Waals surface area contributed by atoms with Gasteiger partial charge in [0.05, 0.1) is 6.42 Å². The Morgan fingerprint density at radius 2 is 1.89 bits per heavy atom. The summed E-state index contributed by atoms with van der Waals surface area (Å²) in [6.45, 7) is 0.104. The second-order valence-corrected chi connectivity index (χ2v) is 3.40. The summed E-state index contributed by atoms with van der Waals surface area (Å²) in [5.41, 5.74) is 6.16. The molecule has 1 atom stereocenters. The summed E-state index contributed by atoms with van der Waals surface area (Å²) in [4.78, 5) is 29.9.